The number of ether oxygens (including phenoxy) is 1. The molecule has 1 heterocycles. The van der Waals surface area contributed by atoms with Crippen LogP contribution in [0.25, 0.3) is 0 Å². The van der Waals surface area contributed by atoms with E-state index in [4.69, 9.17) is 4.74 Å². The predicted octanol–water partition coefficient (Wildman–Crippen LogP) is 3.61. The van der Waals surface area contributed by atoms with Crippen molar-refractivity contribution >= 4 is 0 Å². The molecule has 1 aliphatic rings. The van der Waals surface area contributed by atoms with Gasteiger partial charge in [-0.2, -0.15) is 0 Å². The highest BCUT2D eigenvalue weighted by atomic mass is 16.5. The van der Waals surface area contributed by atoms with Crippen molar-refractivity contribution in [3.8, 4) is 0 Å². The Hall–Kier alpha value is -0.600. The topological polar surface area (TPSA) is 29.5 Å². The first-order valence-electron chi connectivity index (χ1n) is 6.46. The molecule has 1 aliphatic heterocycles. The SMILES string of the molecule is C=C[C@@]1(C)CC[C@H](O)[C@](C)(CCC=C(C)C)O1. The Labute approximate surface area is 105 Å². The Balaban J connectivity index is 2.70. The van der Waals surface area contributed by atoms with Crippen molar-refractivity contribution in [3.05, 3.63) is 24.3 Å². The fraction of sp³-hybridized carbons (Fsp3) is 0.733. The van der Waals surface area contributed by atoms with Crippen LogP contribution < -0.4 is 0 Å². The molecule has 3 atom stereocenters. The fourth-order valence-electron chi connectivity index (χ4n) is 2.39. The van der Waals surface area contributed by atoms with E-state index in [0.29, 0.717) is 0 Å². The summed E-state index contributed by atoms with van der Waals surface area (Å²) < 4.78 is 6.11. The number of aliphatic hydroxyl groups excluding tert-OH is 1. The Morgan fingerprint density at radius 3 is 2.65 bits per heavy atom. The molecule has 2 heteroatoms. The van der Waals surface area contributed by atoms with E-state index in [0.717, 1.165) is 25.7 Å². The average molecular weight is 238 g/mol. The summed E-state index contributed by atoms with van der Waals surface area (Å²) in [6.45, 7) is 12.1. The summed E-state index contributed by atoms with van der Waals surface area (Å²) in [5.74, 6) is 0. The summed E-state index contributed by atoms with van der Waals surface area (Å²) in [7, 11) is 0. The lowest BCUT2D eigenvalue weighted by Gasteiger charge is -2.47. The maximum atomic E-state index is 10.1. The van der Waals surface area contributed by atoms with Crippen molar-refractivity contribution in [3.63, 3.8) is 0 Å². The summed E-state index contributed by atoms with van der Waals surface area (Å²) in [4.78, 5) is 0. The van der Waals surface area contributed by atoms with Crippen molar-refractivity contribution in [2.45, 2.75) is 70.7 Å². The molecule has 1 fully saturated rings. The third kappa shape index (κ3) is 3.68. The first-order chi connectivity index (χ1) is 7.81. The van der Waals surface area contributed by atoms with Crippen LogP contribution in [0.2, 0.25) is 0 Å². The minimum Gasteiger partial charge on any atom is -0.390 e. The van der Waals surface area contributed by atoms with E-state index in [-0.39, 0.29) is 11.7 Å². The van der Waals surface area contributed by atoms with Crippen LogP contribution in [-0.2, 0) is 4.74 Å². The van der Waals surface area contributed by atoms with Gasteiger partial charge in [-0.15, -0.1) is 6.58 Å². The number of allylic oxidation sites excluding steroid dienone is 2. The molecule has 1 N–H and O–H groups in total. The Morgan fingerprint density at radius 1 is 1.47 bits per heavy atom. The van der Waals surface area contributed by atoms with E-state index in [2.05, 4.69) is 26.5 Å². The lowest BCUT2D eigenvalue weighted by atomic mass is 9.82. The largest absolute Gasteiger partial charge is 0.390 e. The van der Waals surface area contributed by atoms with E-state index in [9.17, 15) is 5.11 Å². The van der Waals surface area contributed by atoms with Gasteiger partial charge >= 0.3 is 0 Å². The van der Waals surface area contributed by atoms with Crippen LogP contribution in [-0.4, -0.2) is 22.4 Å². The predicted molar refractivity (Wildman–Crippen MR) is 72.0 cm³/mol. The van der Waals surface area contributed by atoms with Gasteiger partial charge in [0.15, 0.2) is 0 Å². The zero-order valence-corrected chi connectivity index (χ0v) is 11.6. The maximum absolute atomic E-state index is 10.1. The smallest absolute Gasteiger partial charge is 0.0926 e. The first-order valence-corrected chi connectivity index (χ1v) is 6.46. The van der Waals surface area contributed by atoms with E-state index in [1.165, 1.54) is 5.57 Å². The first kappa shape index (κ1) is 14.5. The van der Waals surface area contributed by atoms with Crippen molar-refractivity contribution in [2.24, 2.45) is 0 Å². The van der Waals surface area contributed by atoms with Gasteiger partial charge in [-0.1, -0.05) is 17.7 Å². The second kappa shape index (κ2) is 5.36. The zero-order chi connectivity index (χ0) is 13.1. The molecule has 1 rings (SSSR count). The average Bonchev–Trinajstić information content (AvgIpc) is 2.24. The Kier molecular flexibility index (Phi) is 4.56. The third-order valence-corrected chi connectivity index (χ3v) is 3.71. The Morgan fingerprint density at radius 2 is 2.12 bits per heavy atom. The number of rotatable bonds is 4. The summed E-state index contributed by atoms with van der Waals surface area (Å²) in [5, 5.41) is 10.1. The fourth-order valence-corrected chi connectivity index (χ4v) is 2.39. The maximum Gasteiger partial charge on any atom is 0.0926 e. The summed E-state index contributed by atoms with van der Waals surface area (Å²) in [6, 6.07) is 0. The van der Waals surface area contributed by atoms with Crippen LogP contribution in [0.3, 0.4) is 0 Å². The van der Waals surface area contributed by atoms with Crippen LogP contribution in [0.1, 0.15) is 53.4 Å². The van der Waals surface area contributed by atoms with Crippen molar-refractivity contribution in [1.29, 1.82) is 0 Å². The molecular weight excluding hydrogens is 212 g/mol. The summed E-state index contributed by atoms with van der Waals surface area (Å²) >= 11 is 0. The van der Waals surface area contributed by atoms with Gasteiger partial charge in [0.2, 0.25) is 0 Å². The molecule has 0 aliphatic carbocycles. The van der Waals surface area contributed by atoms with E-state index < -0.39 is 5.60 Å². The molecule has 0 aromatic heterocycles. The molecule has 98 valence electrons. The number of aliphatic hydroxyl groups is 1. The molecule has 0 radical (unpaired) electrons. The zero-order valence-electron chi connectivity index (χ0n) is 11.6. The molecule has 0 unspecified atom stereocenters. The number of hydrogen-bond donors (Lipinski definition) is 1. The van der Waals surface area contributed by atoms with E-state index in [1.54, 1.807) is 0 Å². The van der Waals surface area contributed by atoms with Gasteiger partial charge in [0, 0.05) is 0 Å². The lowest BCUT2D eigenvalue weighted by molar-refractivity contribution is -0.207. The van der Waals surface area contributed by atoms with Gasteiger partial charge in [0.05, 0.1) is 17.3 Å². The molecule has 0 aromatic carbocycles. The van der Waals surface area contributed by atoms with Crippen LogP contribution >= 0.6 is 0 Å². The highest BCUT2D eigenvalue weighted by Gasteiger charge is 2.43. The summed E-state index contributed by atoms with van der Waals surface area (Å²) in [5.41, 5.74) is 0.567. The van der Waals surface area contributed by atoms with Crippen LogP contribution in [0.5, 0.6) is 0 Å². The molecule has 2 nitrogen and oxygen atoms in total. The van der Waals surface area contributed by atoms with E-state index in [1.807, 2.05) is 19.9 Å². The highest BCUT2D eigenvalue weighted by Crippen LogP contribution is 2.38. The second-order valence-electron chi connectivity index (χ2n) is 5.81. The van der Waals surface area contributed by atoms with Crippen molar-refractivity contribution < 1.29 is 9.84 Å². The third-order valence-electron chi connectivity index (χ3n) is 3.71. The molecule has 0 bridgehead atoms. The van der Waals surface area contributed by atoms with Crippen molar-refractivity contribution in [1.82, 2.24) is 0 Å². The molecule has 0 spiro atoms. The molecule has 0 amide bonds. The lowest BCUT2D eigenvalue weighted by Crippen LogP contribution is -2.52. The summed E-state index contributed by atoms with van der Waals surface area (Å²) in [6.07, 6.45) is 7.11. The minimum atomic E-state index is -0.451. The molecule has 17 heavy (non-hydrogen) atoms. The van der Waals surface area contributed by atoms with Crippen LogP contribution in [0, 0.1) is 0 Å². The van der Waals surface area contributed by atoms with Gasteiger partial charge in [0.25, 0.3) is 0 Å². The van der Waals surface area contributed by atoms with Crippen LogP contribution in [0.4, 0.5) is 0 Å². The normalized spacial score (nSPS) is 37.6. The van der Waals surface area contributed by atoms with Gasteiger partial charge in [-0.3, -0.25) is 0 Å². The van der Waals surface area contributed by atoms with Gasteiger partial charge in [-0.25, -0.2) is 0 Å². The Bertz CT molecular complexity index is 304. The van der Waals surface area contributed by atoms with Gasteiger partial charge < -0.3 is 9.84 Å². The standard InChI is InChI=1S/C15H26O2/c1-6-14(4)11-9-13(16)15(5,17-14)10-7-8-12(2)3/h6,8,13,16H,1,7,9-11H2,2-5H3/t13-,14-,15-/m0/s1. The minimum absolute atomic E-state index is 0.293. The number of hydrogen-bond acceptors (Lipinski definition) is 2. The molecule has 0 saturated carbocycles. The molecule has 0 aromatic rings. The van der Waals surface area contributed by atoms with Gasteiger partial charge in [0.1, 0.15) is 0 Å². The van der Waals surface area contributed by atoms with Crippen molar-refractivity contribution in [2.75, 3.05) is 0 Å². The highest BCUT2D eigenvalue weighted by molar-refractivity contribution is 5.04. The van der Waals surface area contributed by atoms with Crippen LogP contribution in [0.15, 0.2) is 24.3 Å². The van der Waals surface area contributed by atoms with Gasteiger partial charge in [-0.05, 0) is 53.4 Å². The second-order valence-corrected chi connectivity index (χ2v) is 5.81. The quantitative estimate of drug-likeness (QED) is 0.758. The monoisotopic (exact) mass is 238 g/mol. The molecule has 1 saturated heterocycles. The molecular formula is C15H26O2. The van der Waals surface area contributed by atoms with E-state index >= 15 is 0 Å².